The van der Waals surface area contributed by atoms with Crippen LogP contribution < -0.4 is 9.64 Å². The Balaban J connectivity index is 1.63. The first-order valence-electron chi connectivity index (χ1n) is 11.7. The lowest BCUT2D eigenvalue weighted by molar-refractivity contribution is -0.132. The molecule has 0 bridgehead atoms. The number of Topliss-reactive ketones (excluding diaryl/α,β-unsaturated/α-hetero) is 1. The number of anilines is 1. The van der Waals surface area contributed by atoms with Gasteiger partial charge in [-0.1, -0.05) is 54.3 Å². The van der Waals surface area contributed by atoms with Gasteiger partial charge in [0.1, 0.15) is 29.1 Å². The molecular weight excluding hydrogens is 492 g/mol. The minimum absolute atomic E-state index is 0.0165. The van der Waals surface area contributed by atoms with Crippen LogP contribution in [0.2, 0.25) is 0 Å². The summed E-state index contributed by atoms with van der Waals surface area (Å²) in [5, 5.41) is 11.5. The lowest BCUT2D eigenvalue weighted by atomic mass is 9.94. The van der Waals surface area contributed by atoms with Crippen molar-refractivity contribution < 1.29 is 29.0 Å². The number of ketones is 1. The van der Waals surface area contributed by atoms with Gasteiger partial charge in [0.15, 0.2) is 5.13 Å². The molecule has 3 aromatic rings. The fourth-order valence-corrected chi connectivity index (χ4v) is 5.57. The third-order valence-corrected chi connectivity index (χ3v) is 7.38. The van der Waals surface area contributed by atoms with Crippen LogP contribution in [-0.2, 0) is 20.7 Å². The van der Waals surface area contributed by atoms with E-state index >= 15 is 0 Å². The van der Waals surface area contributed by atoms with Crippen molar-refractivity contribution >= 4 is 39.9 Å². The number of aliphatic hydroxyl groups excluding tert-OH is 1. The zero-order valence-corrected chi connectivity index (χ0v) is 21.1. The quantitative estimate of drug-likeness (QED) is 0.166. The molecule has 2 aliphatic rings. The number of thiazole rings is 1. The molecule has 0 radical (unpaired) electrons. The van der Waals surface area contributed by atoms with Crippen molar-refractivity contribution in [1.82, 2.24) is 4.98 Å². The Morgan fingerprint density at radius 2 is 2.03 bits per heavy atom. The summed E-state index contributed by atoms with van der Waals surface area (Å²) in [5.74, 6) is -1.81. The fourth-order valence-electron chi connectivity index (χ4n) is 4.58. The third-order valence-electron chi connectivity index (χ3n) is 6.24. The standard InChI is InChI=1S/C28H24N2O6S/c1-4-12-35-27(34)25-16(3)29-28(37-25)30-22(17-8-6-5-7-9-17)21(24(32)26(30)33)23(31)18-10-11-20-19(14-18)13-15(2)36-20/h4-11,14-15,22,31H,1,12-13H2,2-3H3. The number of ether oxygens (including phenoxy) is 2. The van der Waals surface area contributed by atoms with E-state index in [2.05, 4.69) is 11.6 Å². The van der Waals surface area contributed by atoms with Gasteiger partial charge in [0.05, 0.1) is 17.3 Å². The van der Waals surface area contributed by atoms with Gasteiger partial charge in [-0.2, -0.15) is 0 Å². The highest BCUT2D eigenvalue weighted by atomic mass is 32.1. The number of carbonyl (C=O) groups is 3. The molecule has 37 heavy (non-hydrogen) atoms. The topological polar surface area (TPSA) is 106 Å². The highest BCUT2D eigenvalue weighted by Gasteiger charge is 2.48. The molecular formula is C28H24N2O6S. The number of aromatic nitrogens is 1. The minimum Gasteiger partial charge on any atom is -0.507 e. The Morgan fingerprint density at radius 1 is 1.27 bits per heavy atom. The van der Waals surface area contributed by atoms with Crippen LogP contribution in [0.25, 0.3) is 5.76 Å². The molecule has 1 aromatic heterocycles. The van der Waals surface area contributed by atoms with Gasteiger partial charge in [-0.15, -0.1) is 0 Å². The molecule has 2 aromatic carbocycles. The van der Waals surface area contributed by atoms with Gasteiger partial charge in [-0.25, -0.2) is 9.78 Å². The van der Waals surface area contributed by atoms with E-state index in [1.54, 1.807) is 49.4 Å². The Kier molecular flexibility index (Phi) is 6.39. The molecule has 2 unspecified atom stereocenters. The summed E-state index contributed by atoms with van der Waals surface area (Å²) < 4.78 is 10.9. The molecule has 2 aliphatic heterocycles. The number of hydrogen-bond donors (Lipinski definition) is 1. The second-order valence-electron chi connectivity index (χ2n) is 8.83. The number of amides is 1. The molecule has 188 valence electrons. The normalized spacial score (nSPS) is 20.0. The SMILES string of the molecule is C=CCOC(=O)c1sc(N2C(=O)C(=O)C(=C(O)c3ccc4c(c3)CC(C)O4)C2c2ccccc2)nc1C. The Bertz CT molecular complexity index is 1460. The van der Waals surface area contributed by atoms with Crippen molar-refractivity contribution in [2.75, 3.05) is 11.5 Å². The molecule has 0 aliphatic carbocycles. The van der Waals surface area contributed by atoms with E-state index in [0.717, 1.165) is 22.6 Å². The van der Waals surface area contributed by atoms with E-state index in [4.69, 9.17) is 9.47 Å². The Labute approximate surface area is 217 Å². The predicted octanol–water partition coefficient (Wildman–Crippen LogP) is 4.74. The van der Waals surface area contributed by atoms with Gasteiger partial charge >= 0.3 is 11.9 Å². The van der Waals surface area contributed by atoms with Gasteiger partial charge in [0, 0.05) is 12.0 Å². The Morgan fingerprint density at radius 3 is 2.76 bits per heavy atom. The predicted molar refractivity (Wildman–Crippen MR) is 139 cm³/mol. The van der Waals surface area contributed by atoms with Gasteiger partial charge in [0.2, 0.25) is 0 Å². The molecule has 3 heterocycles. The lowest BCUT2D eigenvalue weighted by Crippen LogP contribution is -2.29. The van der Waals surface area contributed by atoms with Crippen LogP contribution in [0.15, 0.2) is 66.8 Å². The van der Waals surface area contributed by atoms with Crippen molar-refractivity contribution in [3.05, 3.63) is 94.0 Å². The van der Waals surface area contributed by atoms with Crippen LogP contribution in [0.5, 0.6) is 5.75 Å². The highest BCUT2D eigenvalue weighted by Crippen LogP contribution is 2.44. The molecule has 0 spiro atoms. The molecule has 5 rings (SSSR count). The summed E-state index contributed by atoms with van der Waals surface area (Å²) in [4.78, 5) is 45.1. The summed E-state index contributed by atoms with van der Waals surface area (Å²) in [5.41, 5.74) is 2.27. The summed E-state index contributed by atoms with van der Waals surface area (Å²) in [6.45, 7) is 7.16. The van der Waals surface area contributed by atoms with Crippen LogP contribution in [-0.4, -0.2) is 40.5 Å². The number of carbonyl (C=O) groups excluding carboxylic acids is 3. The molecule has 1 fully saturated rings. The summed E-state index contributed by atoms with van der Waals surface area (Å²) in [6.07, 6.45) is 2.15. The Hall–Kier alpha value is -4.24. The van der Waals surface area contributed by atoms with E-state index in [0.29, 0.717) is 23.2 Å². The number of aryl methyl sites for hydroxylation is 1. The lowest BCUT2D eigenvalue weighted by Gasteiger charge is -2.23. The second-order valence-corrected chi connectivity index (χ2v) is 9.81. The van der Waals surface area contributed by atoms with Crippen molar-refractivity contribution in [3.63, 3.8) is 0 Å². The minimum atomic E-state index is -0.938. The van der Waals surface area contributed by atoms with Gasteiger partial charge in [-0.05, 0) is 43.2 Å². The largest absolute Gasteiger partial charge is 0.507 e. The average Bonchev–Trinajstić information content (AvgIpc) is 3.54. The molecule has 0 saturated carbocycles. The van der Waals surface area contributed by atoms with Crippen molar-refractivity contribution in [1.29, 1.82) is 0 Å². The first-order valence-corrected chi connectivity index (χ1v) is 12.5. The molecule has 8 nitrogen and oxygen atoms in total. The van der Waals surface area contributed by atoms with E-state index in [9.17, 15) is 19.5 Å². The van der Waals surface area contributed by atoms with Crippen LogP contribution in [0.4, 0.5) is 5.13 Å². The van der Waals surface area contributed by atoms with Crippen molar-refractivity contribution in [2.24, 2.45) is 0 Å². The number of nitrogens with zero attached hydrogens (tertiary/aromatic N) is 2. The highest BCUT2D eigenvalue weighted by molar-refractivity contribution is 7.17. The zero-order valence-electron chi connectivity index (χ0n) is 20.3. The zero-order chi connectivity index (χ0) is 26.3. The van der Waals surface area contributed by atoms with Gasteiger partial charge in [-0.3, -0.25) is 14.5 Å². The van der Waals surface area contributed by atoms with Crippen LogP contribution in [0.1, 0.15) is 45.0 Å². The van der Waals surface area contributed by atoms with Gasteiger partial charge < -0.3 is 14.6 Å². The molecule has 9 heteroatoms. The number of aliphatic hydroxyl groups is 1. The smallest absolute Gasteiger partial charge is 0.350 e. The number of rotatable bonds is 6. The van der Waals surface area contributed by atoms with E-state index in [-0.39, 0.29) is 34.1 Å². The first kappa shape index (κ1) is 24.5. The summed E-state index contributed by atoms with van der Waals surface area (Å²) in [6, 6.07) is 13.2. The maximum Gasteiger partial charge on any atom is 0.350 e. The van der Waals surface area contributed by atoms with E-state index < -0.39 is 23.7 Å². The molecule has 1 saturated heterocycles. The maximum absolute atomic E-state index is 13.4. The van der Waals surface area contributed by atoms with E-state index in [1.165, 1.54) is 11.0 Å². The monoisotopic (exact) mass is 516 g/mol. The molecule has 1 N–H and O–H groups in total. The van der Waals surface area contributed by atoms with Crippen LogP contribution in [0, 0.1) is 6.92 Å². The van der Waals surface area contributed by atoms with Crippen molar-refractivity contribution in [3.8, 4) is 5.75 Å². The van der Waals surface area contributed by atoms with E-state index in [1.807, 2.05) is 13.0 Å². The van der Waals surface area contributed by atoms with Gasteiger partial charge in [0.25, 0.3) is 5.78 Å². The third kappa shape index (κ3) is 4.31. The number of esters is 1. The molecule has 2 atom stereocenters. The van der Waals surface area contributed by atoms with Crippen LogP contribution >= 0.6 is 11.3 Å². The average molecular weight is 517 g/mol. The number of benzene rings is 2. The van der Waals surface area contributed by atoms with Crippen molar-refractivity contribution in [2.45, 2.75) is 32.4 Å². The second kappa shape index (κ2) is 9.67. The summed E-state index contributed by atoms with van der Waals surface area (Å²) in [7, 11) is 0. The van der Waals surface area contributed by atoms with Crippen LogP contribution in [0.3, 0.4) is 0 Å². The number of hydrogen-bond acceptors (Lipinski definition) is 8. The number of fused-ring (bicyclic) bond motifs is 1. The first-order chi connectivity index (χ1) is 17.8. The fraction of sp³-hybridized carbons (Fsp3) is 0.214. The summed E-state index contributed by atoms with van der Waals surface area (Å²) >= 11 is 0.958. The maximum atomic E-state index is 13.4. The molecule has 1 amide bonds.